The Balaban J connectivity index is 1.61. The first-order chi connectivity index (χ1) is 15.3. The number of rotatable bonds is 3. The second-order valence-corrected chi connectivity index (χ2v) is 7.65. The minimum atomic E-state index is -0.833. The number of nitrogens with zero attached hydrogens (tertiary/aromatic N) is 5. The molecule has 2 aromatic heterocycles. The second kappa shape index (κ2) is 8.28. The quantitative estimate of drug-likeness (QED) is 0.588. The summed E-state index contributed by atoms with van der Waals surface area (Å²) >= 11 is 5.83. The molecule has 3 amide bonds. The molecular weight excluding hydrogens is 437 g/mol. The molecule has 1 aliphatic rings. The van der Waals surface area contributed by atoms with Gasteiger partial charge in [-0.3, -0.25) is 9.48 Å². The average molecular weight is 454 g/mol. The summed E-state index contributed by atoms with van der Waals surface area (Å²) in [5.41, 5.74) is 8.59. The Morgan fingerprint density at radius 3 is 2.75 bits per heavy atom. The van der Waals surface area contributed by atoms with E-state index in [2.05, 4.69) is 21.5 Å². The van der Waals surface area contributed by atoms with Gasteiger partial charge >= 0.3 is 6.03 Å². The minimum Gasteiger partial charge on any atom is -0.365 e. The van der Waals surface area contributed by atoms with Crippen LogP contribution >= 0.6 is 11.6 Å². The largest absolute Gasteiger partial charge is 0.365 e. The molecule has 3 heterocycles. The van der Waals surface area contributed by atoms with Gasteiger partial charge in [-0.15, -0.1) is 0 Å². The maximum absolute atomic E-state index is 13.5. The molecule has 1 aliphatic heterocycles. The number of nitrogens with one attached hydrogen (secondary N) is 1. The normalized spacial score (nSPS) is 12.8. The van der Waals surface area contributed by atoms with Crippen molar-refractivity contribution in [2.45, 2.75) is 20.0 Å². The fourth-order valence-corrected chi connectivity index (χ4v) is 3.74. The average Bonchev–Trinajstić information content (AvgIpc) is 3.14. The van der Waals surface area contributed by atoms with E-state index in [1.807, 2.05) is 0 Å². The van der Waals surface area contributed by atoms with Crippen molar-refractivity contribution in [3.8, 4) is 17.3 Å². The minimum absolute atomic E-state index is 0.0920. The number of primary amides is 1. The van der Waals surface area contributed by atoms with Crippen LogP contribution in [0.4, 0.5) is 14.9 Å². The molecule has 4 rings (SSSR count). The first-order valence-electron chi connectivity index (χ1n) is 9.56. The lowest BCUT2D eigenvalue weighted by atomic mass is 10.1. The number of anilines is 1. The van der Waals surface area contributed by atoms with Gasteiger partial charge in [0.2, 0.25) is 5.95 Å². The van der Waals surface area contributed by atoms with Crippen LogP contribution < -0.4 is 11.1 Å². The summed E-state index contributed by atoms with van der Waals surface area (Å²) in [5, 5.41) is 16.1. The monoisotopic (exact) mass is 453 g/mol. The van der Waals surface area contributed by atoms with Crippen LogP contribution in [0.1, 0.15) is 27.2 Å². The Morgan fingerprint density at radius 2 is 2.09 bits per heavy atom. The van der Waals surface area contributed by atoms with Gasteiger partial charge in [-0.1, -0.05) is 11.6 Å². The molecule has 0 saturated heterocycles. The number of nitriles is 1. The fraction of sp³-hybridized carbons (Fsp3) is 0.190. The van der Waals surface area contributed by atoms with Gasteiger partial charge in [0, 0.05) is 24.0 Å². The summed E-state index contributed by atoms with van der Waals surface area (Å²) in [6.45, 7) is 2.55. The topological polar surface area (TPSA) is 130 Å². The van der Waals surface area contributed by atoms with E-state index in [1.165, 1.54) is 17.2 Å². The van der Waals surface area contributed by atoms with Gasteiger partial charge in [-0.05, 0) is 36.8 Å². The summed E-state index contributed by atoms with van der Waals surface area (Å²) in [7, 11) is 0. The number of nitrogens with two attached hydrogens (primary N) is 1. The van der Waals surface area contributed by atoms with Gasteiger partial charge in [0.25, 0.3) is 5.91 Å². The number of hydrogen-bond donors (Lipinski definition) is 2. The molecule has 0 unspecified atom stereocenters. The number of fused-ring (bicyclic) bond motifs is 1. The lowest BCUT2D eigenvalue weighted by Crippen LogP contribution is -2.41. The van der Waals surface area contributed by atoms with E-state index in [-0.39, 0.29) is 28.9 Å². The predicted octanol–water partition coefficient (Wildman–Crippen LogP) is 3.06. The van der Waals surface area contributed by atoms with Gasteiger partial charge < -0.3 is 16.0 Å². The summed E-state index contributed by atoms with van der Waals surface area (Å²) in [4.78, 5) is 30.2. The van der Waals surface area contributed by atoms with E-state index in [4.69, 9.17) is 22.6 Å². The zero-order chi connectivity index (χ0) is 23.0. The van der Waals surface area contributed by atoms with Crippen molar-refractivity contribution in [3.05, 3.63) is 63.8 Å². The highest BCUT2D eigenvalue weighted by atomic mass is 35.5. The molecule has 0 saturated carbocycles. The van der Waals surface area contributed by atoms with Crippen molar-refractivity contribution in [2.24, 2.45) is 5.73 Å². The van der Waals surface area contributed by atoms with Crippen LogP contribution in [0.2, 0.25) is 5.02 Å². The number of aromatic nitrogens is 3. The highest BCUT2D eigenvalue weighted by Gasteiger charge is 2.30. The van der Waals surface area contributed by atoms with Crippen LogP contribution in [0.15, 0.2) is 30.5 Å². The van der Waals surface area contributed by atoms with E-state index in [0.717, 1.165) is 5.56 Å². The summed E-state index contributed by atoms with van der Waals surface area (Å²) in [6, 6.07) is 8.02. The number of hydrogen-bond acceptors (Lipinski definition) is 5. The molecule has 3 aromatic rings. The summed E-state index contributed by atoms with van der Waals surface area (Å²) in [5.74, 6) is -1.56. The number of benzene rings is 1. The number of carbonyl (C=O) groups excluding carboxylic acids is 2. The molecule has 0 fully saturated rings. The van der Waals surface area contributed by atoms with Crippen LogP contribution in [-0.4, -0.2) is 38.1 Å². The van der Waals surface area contributed by atoms with Crippen molar-refractivity contribution < 1.29 is 14.0 Å². The van der Waals surface area contributed by atoms with Crippen LogP contribution in [-0.2, 0) is 13.1 Å². The fourth-order valence-electron chi connectivity index (χ4n) is 3.57. The van der Waals surface area contributed by atoms with Crippen molar-refractivity contribution in [1.29, 1.82) is 5.26 Å². The predicted molar refractivity (Wildman–Crippen MR) is 114 cm³/mol. The maximum Gasteiger partial charge on any atom is 0.322 e. The van der Waals surface area contributed by atoms with E-state index in [0.29, 0.717) is 35.6 Å². The van der Waals surface area contributed by atoms with Crippen molar-refractivity contribution in [1.82, 2.24) is 19.7 Å². The van der Waals surface area contributed by atoms with Gasteiger partial charge in [0.15, 0.2) is 0 Å². The molecule has 0 radical (unpaired) electrons. The molecule has 3 N–H and O–H groups in total. The number of carbonyl (C=O) groups is 2. The zero-order valence-electron chi connectivity index (χ0n) is 16.9. The highest BCUT2D eigenvalue weighted by molar-refractivity contribution is 6.30. The number of halogens is 2. The Hall–Kier alpha value is -3.97. The van der Waals surface area contributed by atoms with Crippen molar-refractivity contribution in [3.63, 3.8) is 0 Å². The number of urea groups is 1. The van der Waals surface area contributed by atoms with Crippen LogP contribution in [0.25, 0.3) is 11.3 Å². The zero-order valence-corrected chi connectivity index (χ0v) is 17.6. The molecule has 0 bridgehead atoms. The lowest BCUT2D eigenvalue weighted by molar-refractivity contribution is 0.0997. The Kier molecular flexibility index (Phi) is 5.50. The van der Waals surface area contributed by atoms with Crippen LogP contribution in [0.5, 0.6) is 0 Å². The first-order valence-corrected chi connectivity index (χ1v) is 9.94. The van der Waals surface area contributed by atoms with Gasteiger partial charge in [-0.2, -0.15) is 14.8 Å². The molecule has 0 spiro atoms. The third-order valence-corrected chi connectivity index (χ3v) is 5.45. The number of aryl methyl sites for hydroxylation is 1. The van der Waals surface area contributed by atoms with E-state index >= 15 is 0 Å². The van der Waals surface area contributed by atoms with Crippen molar-refractivity contribution >= 4 is 29.2 Å². The lowest BCUT2D eigenvalue weighted by Gasteiger charge is -2.28. The Morgan fingerprint density at radius 1 is 1.31 bits per heavy atom. The smallest absolute Gasteiger partial charge is 0.322 e. The molecular formula is C21H17ClFN7O2. The maximum atomic E-state index is 13.5. The Bertz CT molecular complexity index is 1300. The summed E-state index contributed by atoms with van der Waals surface area (Å²) < 4.78 is 15.1. The molecule has 32 heavy (non-hydrogen) atoms. The number of pyridine rings is 1. The highest BCUT2D eigenvalue weighted by Crippen LogP contribution is 2.30. The molecule has 0 atom stereocenters. The molecule has 11 heteroatoms. The van der Waals surface area contributed by atoms with Crippen molar-refractivity contribution in [2.75, 3.05) is 11.9 Å². The second-order valence-electron chi connectivity index (χ2n) is 7.25. The van der Waals surface area contributed by atoms with Crippen LogP contribution in [0.3, 0.4) is 0 Å². The molecule has 1 aromatic carbocycles. The van der Waals surface area contributed by atoms with Gasteiger partial charge in [0.1, 0.15) is 5.69 Å². The SMILES string of the molecule is Cc1cc(NC(=O)N2CCn3nc(-c4cnc(F)c(Cl)c4)c(C(N)=O)c3C2)ccc1C#N. The van der Waals surface area contributed by atoms with Gasteiger partial charge in [0.05, 0.1) is 41.0 Å². The molecule has 9 nitrogen and oxygen atoms in total. The van der Waals surface area contributed by atoms with E-state index in [1.54, 1.807) is 29.8 Å². The first kappa shape index (κ1) is 21.3. The van der Waals surface area contributed by atoms with Crippen LogP contribution in [0, 0.1) is 24.2 Å². The third-order valence-electron chi connectivity index (χ3n) is 5.18. The Labute approximate surface area is 187 Å². The summed E-state index contributed by atoms with van der Waals surface area (Å²) in [6.07, 6.45) is 1.22. The third kappa shape index (κ3) is 3.86. The van der Waals surface area contributed by atoms with E-state index in [9.17, 15) is 14.0 Å². The standard InChI is InChI=1S/C21H17ClFN7O2/c1-11-6-14(3-2-12(11)8-24)27-21(32)29-4-5-30-16(10-29)17(20(25)31)18(28-30)13-7-15(22)19(23)26-9-13/h2-3,6-7,9H,4-5,10H2,1H3,(H2,25,31)(H,27,32). The van der Waals surface area contributed by atoms with Gasteiger partial charge in [-0.25, -0.2) is 9.78 Å². The number of amides is 3. The van der Waals surface area contributed by atoms with E-state index < -0.39 is 11.9 Å². The molecule has 162 valence electrons. The molecule has 0 aliphatic carbocycles.